The fourth-order valence-electron chi connectivity index (χ4n) is 5.06. The highest BCUT2D eigenvalue weighted by molar-refractivity contribution is 5.72. The molecule has 2 aromatic carbocycles. The largest absolute Gasteiger partial charge is 0.481 e. The Balaban J connectivity index is 1.20. The zero-order valence-corrected chi connectivity index (χ0v) is 19.1. The molecule has 0 spiro atoms. The molecule has 1 N–H and O–H groups in total. The Hall–Kier alpha value is -3.91. The zero-order valence-electron chi connectivity index (χ0n) is 19.1. The van der Waals surface area contributed by atoms with Gasteiger partial charge in [0.1, 0.15) is 5.82 Å². The van der Waals surface area contributed by atoms with Gasteiger partial charge in [-0.15, -0.1) is 0 Å². The lowest BCUT2D eigenvalue weighted by atomic mass is 9.79. The molecular formula is C27H23FN4O3. The predicted octanol–water partition coefficient (Wildman–Crippen LogP) is 5.09. The van der Waals surface area contributed by atoms with E-state index in [2.05, 4.69) is 32.2 Å². The number of aliphatic carboxylic acids is 1. The van der Waals surface area contributed by atoms with E-state index in [1.165, 1.54) is 17.3 Å². The minimum absolute atomic E-state index is 0.210. The molecule has 0 unspecified atom stereocenters. The summed E-state index contributed by atoms with van der Waals surface area (Å²) in [5.41, 5.74) is 6.30. The molecule has 0 saturated heterocycles. The molecule has 6 rings (SSSR count). The Morgan fingerprint density at radius 3 is 2.63 bits per heavy atom. The van der Waals surface area contributed by atoms with E-state index in [0.29, 0.717) is 23.3 Å². The summed E-state index contributed by atoms with van der Waals surface area (Å²) < 4.78 is 19.7. The lowest BCUT2D eigenvalue weighted by Gasteiger charge is -2.39. The van der Waals surface area contributed by atoms with Crippen LogP contribution in [0.4, 0.5) is 4.39 Å². The van der Waals surface area contributed by atoms with Crippen LogP contribution in [0.2, 0.25) is 0 Å². The van der Waals surface area contributed by atoms with Gasteiger partial charge in [0.15, 0.2) is 0 Å². The molecule has 35 heavy (non-hydrogen) atoms. The topological polar surface area (TPSA) is 92.4 Å². The maximum Gasteiger partial charge on any atom is 0.306 e. The van der Waals surface area contributed by atoms with Gasteiger partial charge in [-0.1, -0.05) is 23.4 Å². The SMILES string of the molecule is Cc1cc(-c2nc(-c3ccc4c(c3)CN(C3CC(C(=O)O)C3)C4)no2)ccc1-c1ccncc1F. The second-order valence-corrected chi connectivity index (χ2v) is 9.36. The highest BCUT2D eigenvalue weighted by Crippen LogP contribution is 2.38. The Labute approximate surface area is 201 Å². The summed E-state index contributed by atoms with van der Waals surface area (Å²) >= 11 is 0. The first-order chi connectivity index (χ1) is 17.0. The number of aryl methyl sites for hydroxylation is 1. The number of nitrogens with zero attached hydrogens (tertiary/aromatic N) is 4. The van der Waals surface area contributed by atoms with Gasteiger partial charge in [-0.2, -0.15) is 4.98 Å². The van der Waals surface area contributed by atoms with E-state index in [9.17, 15) is 9.18 Å². The number of rotatable bonds is 5. The predicted molar refractivity (Wildman–Crippen MR) is 126 cm³/mol. The van der Waals surface area contributed by atoms with E-state index in [0.717, 1.165) is 48.2 Å². The summed E-state index contributed by atoms with van der Waals surface area (Å²) in [5.74, 6) is -0.350. The Morgan fingerprint density at radius 1 is 1.06 bits per heavy atom. The molecule has 2 aromatic heterocycles. The van der Waals surface area contributed by atoms with Gasteiger partial charge in [0.25, 0.3) is 5.89 Å². The van der Waals surface area contributed by atoms with Crippen LogP contribution >= 0.6 is 0 Å². The van der Waals surface area contributed by atoms with Crippen molar-refractivity contribution in [2.75, 3.05) is 0 Å². The number of carbonyl (C=O) groups is 1. The van der Waals surface area contributed by atoms with Crippen LogP contribution in [0.5, 0.6) is 0 Å². The molecular weight excluding hydrogens is 447 g/mol. The monoisotopic (exact) mass is 470 g/mol. The van der Waals surface area contributed by atoms with Crippen LogP contribution < -0.4 is 0 Å². The Bertz CT molecular complexity index is 1440. The Morgan fingerprint density at radius 2 is 1.86 bits per heavy atom. The summed E-state index contributed by atoms with van der Waals surface area (Å²) in [6.45, 7) is 3.56. The number of aromatic nitrogens is 3. The van der Waals surface area contributed by atoms with E-state index >= 15 is 0 Å². The van der Waals surface area contributed by atoms with Crippen molar-refractivity contribution in [3.8, 4) is 34.0 Å². The molecule has 4 aromatic rings. The molecule has 0 bridgehead atoms. The van der Waals surface area contributed by atoms with E-state index in [-0.39, 0.29) is 11.7 Å². The van der Waals surface area contributed by atoms with E-state index in [4.69, 9.17) is 9.63 Å². The molecule has 1 saturated carbocycles. The first-order valence-corrected chi connectivity index (χ1v) is 11.6. The number of hydrogen-bond acceptors (Lipinski definition) is 6. The highest BCUT2D eigenvalue weighted by atomic mass is 19.1. The molecule has 2 aliphatic rings. The van der Waals surface area contributed by atoms with Gasteiger partial charge in [-0.05, 0) is 66.3 Å². The summed E-state index contributed by atoms with van der Waals surface area (Å²) in [6.07, 6.45) is 4.22. The van der Waals surface area contributed by atoms with E-state index < -0.39 is 5.97 Å². The van der Waals surface area contributed by atoms with Gasteiger partial charge in [-0.3, -0.25) is 14.7 Å². The number of fused-ring (bicyclic) bond motifs is 1. The molecule has 8 heteroatoms. The minimum atomic E-state index is -0.692. The van der Waals surface area contributed by atoms with Crippen LogP contribution in [0.3, 0.4) is 0 Å². The zero-order chi connectivity index (χ0) is 24.1. The molecule has 7 nitrogen and oxygen atoms in total. The third kappa shape index (κ3) is 3.89. The normalized spacial score (nSPS) is 19.4. The van der Waals surface area contributed by atoms with Crippen LogP contribution in [-0.4, -0.2) is 37.1 Å². The van der Waals surface area contributed by atoms with Gasteiger partial charge in [0, 0.05) is 42.0 Å². The molecule has 1 fully saturated rings. The van der Waals surface area contributed by atoms with Crippen LogP contribution in [0.25, 0.3) is 34.0 Å². The number of halogens is 1. The quantitative estimate of drug-likeness (QED) is 0.434. The average molecular weight is 471 g/mol. The van der Waals surface area contributed by atoms with Crippen molar-refractivity contribution in [1.82, 2.24) is 20.0 Å². The van der Waals surface area contributed by atoms with Crippen LogP contribution in [-0.2, 0) is 17.9 Å². The Kier molecular flexibility index (Phi) is 5.18. The van der Waals surface area contributed by atoms with Crippen molar-refractivity contribution >= 4 is 5.97 Å². The number of pyridine rings is 1. The number of benzene rings is 2. The van der Waals surface area contributed by atoms with Crippen molar-refractivity contribution in [3.63, 3.8) is 0 Å². The number of hydrogen-bond donors (Lipinski definition) is 1. The lowest BCUT2D eigenvalue weighted by molar-refractivity contribution is -0.147. The minimum Gasteiger partial charge on any atom is -0.481 e. The van der Waals surface area contributed by atoms with Crippen LogP contribution in [0, 0.1) is 18.7 Å². The van der Waals surface area contributed by atoms with Crippen molar-refractivity contribution in [1.29, 1.82) is 0 Å². The summed E-state index contributed by atoms with van der Waals surface area (Å²) in [4.78, 5) is 21.9. The van der Waals surface area contributed by atoms with Crippen molar-refractivity contribution < 1.29 is 18.8 Å². The molecule has 176 valence electrons. The average Bonchev–Trinajstić information content (AvgIpc) is 3.45. The smallest absolute Gasteiger partial charge is 0.306 e. The molecule has 1 aliphatic carbocycles. The standard InChI is InChI=1S/C27H23FN4O3/c1-15-8-17(4-5-22(15)23-6-7-29-12-24(23)28)26-30-25(31-35-26)16-2-3-18-13-32(14-20(18)9-16)21-10-19(11-21)27(33)34/h2-9,12,19,21H,10-11,13-14H2,1H3,(H,33,34). The molecule has 3 heterocycles. The number of carboxylic acids is 1. The molecule has 1 aliphatic heterocycles. The van der Waals surface area contributed by atoms with Gasteiger partial charge in [-0.25, -0.2) is 4.39 Å². The molecule has 0 amide bonds. The number of carboxylic acid groups (broad SMARTS) is 1. The third-order valence-corrected chi connectivity index (χ3v) is 7.15. The lowest BCUT2D eigenvalue weighted by Crippen LogP contribution is -2.44. The highest BCUT2D eigenvalue weighted by Gasteiger charge is 2.39. The maximum atomic E-state index is 14.2. The van der Waals surface area contributed by atoms with Crippen molar-refractivity contribution in [3.05, 3.63) is 77.4 Å². The van der Waals surface area contributed by atoms with Gasteiger partial charge in [0.05, 0.1) is 12.1 Å². The fraction of sp³-hybridized carbons (Fsp3) is 0.259. The summed E-state index contributed by atoms with van der Waals surface area (Å²) in [5, 5.41) is 13.3. The van der Waals surface area contributed by atoms with E-state index in [1.807, 2.05) is 31.2 Å². The summed E-state index contributed by atoms with van der Waals surface area (Å²) in [7, 11) is 0. The summed E-state index contributed by atoms with van der Waals surface area (Å²) in [6, 6.07) is 13.8. The first kappa shape index (κ1) is 21.6. The van der Waals surface area contributed by atoms with Gasteiger partial charge >= 0.3 is 5.97 Å². The van der Waals surface area contributed by atoms with Gasteiger partial charge in [0.2, 0.25) is 5.82 Å². The second kappa shape index (κ2) is 8.39. The molecule has 0 atom stereocenters. The van der Waals surface area contributed by atoms with Crippen molar-refractivity contribution in [2.24, 2.45) is 5.92 Å². The van der Waals surface area contributed by atoms with Crippen LogP contribution in [0.1, 0.15) is 29.5 Å². The van der Waals surface area contributed by atoms with Gasteiger partial charge < -0.3 is 9.63 Å². The fourth-order valence-corrected chi connectivity index (χ4v) is 5.06. The van der Waals surface area contributed by atoms with Crippen LogP contribution in [0.15, 0.2) is 59.4 Å². The van der Waals surface area contributed by atoms with E-state index in [1.54, 1.807) is 12.3 Å². The van der Waals surface area contributed by atoms with Crippen molar-refractivity contribution in [2.45, 2.75) is 38.9 Å². The first-order valence-electron chi connectivity index (χ1n) is 11.6. The second-order valence-electron chi connectivity index (χ2n) is 9.36. The third-order valence-electron chi connectivity index (χ3n) is 7.15. The maximum absolute atomic E-state index is 14.2. The molecule has 0 radical (unpaired) electrons.